The molecule has 0 aliphatic carbocycles. The Morgan fingerprint density at radius 2 is 2.27 bits per heavy atom. The van der Waals surface area contributed by atoms with Crippen molar-refractivity contribution in [3.05, 3.63) is 0 Å². The number of hydrogen-bond donors (Lipinski definition) is 2. The van der Waals surface area contributed by atoms with Crippen molar-refractivity contribution in [1.29, 1.82) is 0 Å². The molecule has 0 rings (SSSR count). The minimum absolute atomic E-state index is 0.297. The average Bonchev–Trinajstić information content (AvgIpc) is 2.21. The first-order chi connectivity index (χ1) is 7.20. The van der Waals surface area contributed by atoms with E-state index in [4.69, 9.17) is 4.74 Å². The monoisotopic (exact) mass is 236 g/mol. The van der Waals surface area contributed by atoms with E-state index >= 15 is 0 Å². The van der Waals surface area contributed by atoms with Crippen molar-refractivity contribution < 1.29 is 9.84 Å². The van der Waals surface area contributed by atoms with Crippen LogP contribution in [0.1, 0.15) is 0 Å². The Morgan fingerprint density at radius 3 is 2.87 bits per heavy atom. The minimum Gasteiger partial charge on any atom is -0.390 e. The lowest BCUT2D eigenvalue weighted by Crippen LogP contribution is -2.38. The highest BCUT2D eigenvalue weighted by Gasteiger charge is 2.06. The molecule has 0 fully saturated rings. The quantitative estimate of drug-likeness (QED) is 0.518. The van der Waals surface area contributed by atoms with Gasteiger partial charge < -0.3 is 20.1 Å². The smallest absolute Gasteiger partial charge is 0.0791 e. The molecule has 0 aromatic rings. The average molecular weight is 236 g/mol. The molecule has 0 heterocycles. The number of aliphatic hydroxyl groups is 1. The number of ether oxygens (including phenoxy) is 1. The fourth-order valence-electron chi connectivity index (χ4n) is 1.21. The van der Waals surface area contributed by atoms with Gasteiger partial charge in [-0.2, -0.15) is 11.8 Å². The normalized spacial score (nSPS) is 13.4. The summed E-state index contributed by atoms with van der Waals surface area (Å²) in [5.41, 5.74) is 0. The number of nitrogens with one attached hydrogen (secondary N) is 1. The number of methoxy groups -OCH3 is 1. The summed E-state index contributed by atoms with van der Waals surface area (Å²) in [6, 6.07) is 0. The van der Waals surface area contributed by atoms with Gasteiger partial charge in [0, 0.05) is 39.0 Å². The Hall–Kier alpha value is 0.190. The van der Waals surface area contributed by atoms with Crippen LogP contribution in [0.15, 0.2) is 0 Å². The highest BCUT2D eigenvalue weighted by Crippen LogP contribution is 1.94. The molecule has 0 aromatic carbocycles. The van der Waals surface area contributed by atoms with Crippen LogP contribution in [-0.2, 0) is 4.74 Å². The Balaban J connectivity index is 3.33. The summed E-state index contributed by atoms with van der Waals surface area (Å²) < 4.78 is 4.90. The van der Waals surface area contributed by atoms with Crippen LogP contribution in [0, 0.1) is 0 Å². The highest BCUT2D eigenvalue weighted by atomic mass is 32.2. The number of aliphatic hydroxyl groups excluding tert-OH is 1. The fourth-order valence-corrected chi connectivity index (χ4v) is 1.70. The van der Waals surface area contributed by atoms with E-state index in [2.05, 4.69) is 16.5 Å². The van der Waals surface area contributed by atoms with Crippen LogP contribution in [0.3, 0.4) is 0 Å². The number of nitrogens with zero attached hydrogens (tertiary/aromatic N) is 1. The number of likely N-dealkylation sites (N-methyl/N-ethyl adjacent to an activating group) is 1. The van der Waals surface area contributed by atoms with Gasteiger partial charge in [0.05, 0.1) is 12.7 Å². The maximum atomic E-state index is 9.67. The zero-order valence-corrected chi connectivity index (χ0v) is 10.8. The molecule has 2 N–H and O–H groups in total. The molecular formula is C10H24N2O2S. The molecule has 0 amide bonds. The second-order valence-electron chi connectivity index (χ2n) is 3.61. The predicted molar refractivity (Wildman–Crippen MR) is 66.6 cm³/mol. The van der Waals surface area contributed by atoms with Crippen molar-refractivity contribution in [3.63, 3.8) is 0 Å². The van der Waals surface area contributed by atoms with Crippen LogP contribution >= 0.6 is 11.8 Å². The van der Waals surface area contributed by atoms with E-state index in [1.54, 1.807) is 7.11 Å². The maximum Gasteiger partial charge on any atom is 0.0791 e. The maximum absolute atomic E-state index is 9.67. The van der Waals surface area contributed by atoms with Crippen molar-refractivity contribution in [2.24, 2.45) is 0 Å². The van der Waals surface area contributed by atoms with Crippen molar-refractivity contribution in [2.45, 2.75) is 6.10 Å². The van der Waals surface area contributed by atoms with E-state index in [9.17, 15) is 5.11 Å². The lowest BCUT2D eigenvalue weighted by atomic mass is 10.3. The Kier molecular flexibility index (Phi) is 10.8. The summed E-state index contributed by atoms with van der Waals surface area (Å²) in [7, 11) is 3.71. The predicted octanol–water partition coefficient (Wildman–Crippen LogP) is -0.122. The standard InChI is InChI=1S/C10H24N2O2S/c1-12(5-7-15-3)9-10(13)8-11-4-6-14-2/h10-11,13H,4-9H2,1-3H3. The van der Waals surface area contributed by atoms with E-state index in [1.807, 2.05) is 18.8 Å². The lowest BCUT2D eigenvalue weighted by Gasteiger charge is -2.20. The number of hydrogen-bond acceptors (Lipinski definition) is 5. The summed E-state index contributed by atoms with van der Waals surface area (Å²) in [6.07, 6.45) is 1.80. The largest absolute Gasteiger partial charge is 0.390 e. The Labute approximate surface area is 97.4 Å². The Bertz CT molecular complexity index is 139. The van der Waals surface area contributed by atoms with Crippen LogP contribution in [0.4, 0.5) is 0 Å². The van der Waals surface area contributed by atoms with Gasteiger partial charge in [-0.1, -0.05) is 0 Å². The summed E-state index contributed by atoms with van der Waals surface area (Å²) in [5.74, 6) is 1.11. The summed E-state index contributed by atoms with van der Waals surface area (Å²) in [5, 5.41) is 12.8. The van der Waals surface area contributed by atoms with Gasteiger partial charge in [0.1, 0.15) is 0 Å². The Morgan fingerprint density at radius 1 is 1.53 bits per heavy atom. The topological polar surface area (TPSA) is 44.7 Å². The molecule has 0 radical (unpaired) electrons. The molecule has 15 heavy (non-hydrogen) atoms. The molecule has 4 nitrogen and oxygen atoms in total. The molecule has 0 aliphatic heterocycles. The van der Waals surface area contributed by atoms with Crippen LogP contribution in [0.25, 0.3) is 0 Å². The van der Waals surface area contributed by atoms with Gasteiger partial charge in [0.2, 0.25) is 0 Å². The van der Waals surface area contributed by atoms with Gasteiger partial charge in [-0.15, -0.1) is 0 Å². The molecule has 0 aromatic heterocycles. The number of thioether (sulfide) groups is 1. The summed E-state index contributed by atoms with van der Waals surface area (Å²) in [6.45, 7) is 3.86. The van der Waals surface area contributed by atoms with Crippen molar-refractivity contribution in [3.8, 4) is 0 Å². The van der Waals surface area contributed by atoms with Crippen molar-refractivity contribution in [2.75, 3.05) is 59.0 Å². The van der Waals surface area contributed by atoms with Crippen LogP contribution in [0.5, 0.6) is 0 Å². The van der Waals surface area contributed by atoms with Crippen LogP contribution < -0.4 is 5.32 Å². The minimum atomic E-state index is -0.297. The lowest BCUT2D eigenvalue weighted by molar-refractivity contribution is 0.123. The van der Waals surface area contributed by atoms with Crippen molar-refractivity contribution >= 4 is 11.8 Å². The first-order valence-corrected chi connectivity index (χ1v) is 6.65. The van der Waals surface area contributed by atoms with E-state index in [0.717, 1.165) is 25.4 Å². The van der Waals surface area contributed by atoms with Gasteiger partial charge in [0.25, 0.3) is 0 Å². The molecular weight excluding hydrogens is 212 g/mol. The summed E-state index contributed by atoms with van der Waals surface area (Å²) >= 11 is 1.83. The fraction of sp³-hybridized carbons (Fsp3) is 1.00. The van der Waals surface area contributed by atoms with E-state index in [-0.39, 0.29) is 6.10 Å². The highest BCUT2D eigenvalue weighted by molar-refractivity contribution is 7.98. The molecule has 0 spiro atoms. The molecule has 0 bridgehead atoms. The molecule has 0 saturated heterocycles. The summed E-state index contributed by atoms with van der Waals surface area (Å²) in [4.78, 5) is 2.15. The zero-order valence-electron chi connectivity index (χ0n) is 10.0. The zero-order chi connectivity index (χ0) is 11.5. The third-order valence-electron chi connectivity index (χ3n) is 2.06. The van der Waals surface area contributed by atoms with Gasteiger partial charge >= 0.3 is 0 Å². The third kappa shape index (κ3) is 10.5. The first kappa shape index (κ1) is 15.2. The molecule has 1 atom stereocenters. The molecule has 5 heteroatoms. The second kappa shape index (κ2) is 10.7. The van der Waals surface area contributed by atoms with Gasteiger partial charge in [-0.25, -0.2) is 0 Å². The SMILES string of the molecule is COCCNCC(O)CN(C)CCSC. The molecule has 92 valence electrons. The molecule has 1 unspecified atom stereocenters. The third-order valence-corrected chi connectivity index (χ3v) is 2.65. The molecule has 0 saturated carbocycles. The molecule has 0 aliphatic rings. The van der Waals surface area contributed by atoms with Crippen LogP contribution in [-0.4, -0.2) is 75.1 Å². The van der Waals surface area contributed by atoms with Gasteiger partial charge in [-0.05, 0) is 13.3 Å². The van der Waals surface area contributed by atoms with Crippen molar-refractivity contribution in [1.82, 2.24) is 10.2 Å². The van der Waals surface area contributed by atoms with E-state index in [0.29, 0.717) is 13.2 Å². The van der Waals surface area contributed by atoms with E-state index in [1.165, 1.54) is 0 Å². The van der Waals surface area contributed by atoms with E-state index < -0.39 is 0 Å². The van der Waals surface area contributed by atoms with Gasteiger partial charge in [-0.3, -0.25) is 0 Å². The first-order valence-electron chi connectivity index (χ1n) is 5.26. The van der Waals surface area contributed by atoms with Gasteiger partial charge in [0.15, 0.2) is 0 Å². The number of rotatable bonds is 10. The second-order valence-corrected chi connectivity index (χ2v) is 4.59. The van der Waals surface area contributed by atoms with Crippen LogP contribution in [0.2, 0.25) is 0 Å².